The minimum absolute atomic E-state index is 0.489. The summed E-state index contributed by atoms with van der Waals surface area (Å²) in [6, 6.07) is 7.25. The first kappa shape index (κ1) is 12.9. The smallest absolute Gasteiger partial charge is 0.0419 e. The van der Waals surface area contributed by atoms with Gasteiger partial charge in [-0.25, -0.2) is 0 Å². The molecule has 2 unspecified atom stereocenters. The van der Waals surface area contributed by atoms with E-state index in [0.717, 1.165) is 6.42 Å². The highest BCUT2D eigenvalue weighted by molar-refractivity contribution is 7.99. The molecule has 1 aliphatic rings. The maximum Gasteiger partial charge on any atom is 0.0419 e. The van der Waals surface area contributed by atoms with E-state index in [1.165, 1.54) is 23.7 Å². The van der Waals surface area contributed by atoms with Crippen molar-refractivity contribution in [2.24, 2.45) is 0 Å². The van der Waals surface area contributed by atoms with Crippen LogP contribution in [0.4, 0.5) is 0 Å². The Morgan fingerprint density at radius 3 is 3.12 bits per heavy atom. The van der Waals surface area contributed by atoms with Crippen molar-refractivity contribution in [2.75, 3.05) is 32.1 Å². The van der Waals surface area contributed by atoms with Gasteiger partial charge in [0.1, 0.15) is 0 Å². The van der Waals surface area contributed by atoms with Crippen molar-refractivity contribution in [3.63, 3.8) is 0 Å². The molecule has 0 aliphatic carbocycles. The van der Waals surface area contributed by atoms with Crippen LogP contribution in [0, 0.1) is 0 Å². The van der Waals surface area contributed by atoms with E-state index in [0.29, 0.717) is 12.1 Å². The largest absolute Gasteiger partial charge is 0.315 e. The highest BCUT2D eigenvalue weighted by Crippen LogP contribution is 2.19. The lowest BCUT2D eigenvalue weighted by atomic mass is 10.0. The Labute approximate surface area is 108 Å². The summed E-state index contributed by atoms with van der Waals surface area (Å²) >= 11 is 2.06. The summed E-state index contributed by atoms with van der Waals surface area (Å²) in [5, 5.41) is 3.46. The zero-order chi connectivity index (χ0) is 12.1. The third-order valence-electron chi connectivity index (χ3n) is 3.43. The van der Waals surface area contributed by atoms with Crippen molar-refractivity contribution in [1.29, 1.82) is 0 Å². The van der Waals surface area contributed by atoms with E-state index < -0.39 is 0 Å². The molecule has 1 aliphatic heterocycles. The van der Waals surface area contributed by atoms with Gasteiger partial charge in [0.25, 0.3) is 0 Å². The van der Waals surface area contributed by atoms with Gasteiger partial charge >= 0.3 is 0 Å². The van der Waals surface area contributed by atoms with E-state index in [1.807, 2.05) is 12.3 Å². The highest BCUT2D eigenvalue weighted by atomic mass is 32.2. The summed E-state index contributed by atoms with van der Waals surface area (Å²) < 4.78 is 0. The lowest BCUT2D eigenvalue weighted by Crippen LogP contribution is -2.52. The summed E-state index contributed by atoms with van der Waals surface area (Å²) in [6.07, 6.45) is 2.88. The molecule has 1 fully saturated rings. The molecular formula is C13H21N3S. The van der Waals surface area contributed by atoms with Crippen LogP contribution in [0.25, 0.3) is 0 Å². The molecule has 1 N–H and O–H groups in total. The van der Waals surface area contributed by atoms with E-state index in [-0.39, 0.29) is 0 Å². The monoisotopic (exact) mass is 251 g/mol. The molecular weight excluding hydrogens is 230 g/mol. The van der Waals surface area contributed by atoms with Gasteiger partial charge in [0.15, 0.2) is 0 Å². The van der Waals surface area contributed by atoms with Crippen molar-refractivity contribution in [1.82, 2.24) is 15.2 Å². The fraction of sp³-hybridized carbons (Fsp3) is 0.615. The van der Waals surface area contributed by atoms with E-state index in [9.17, 15) is 0 Å². The predicted molar refractivity (Wildman–Crippen MR) is 74.5 cm³/mol. The van der Waals surface area contributed by atoms with Crippen LogP contribution in [0.1, 0.15) is 5.69 Å². The molecule has 1 aromatic heterocycles. The van der Waals surface area contributed by atoms with Crippen molar-refractivity contribution >= 4 is 11.8 Å². The van der Waals surface area contributed by atoms with Gasteiger partial charge < -0.3 is 10.2 Å². The number of rotatable bonds is 4. The number of aromatic nitrogens is 1. The van der Waals surface area contributed by atoms with Crippen LogP contribution in [-0.2, 0) is 6.42 Å². The van der Waals surface area contributed by atoms with Crippen LogP contribution in [0.15, 0.2) is 24.4 Å². The zero-order valence-electron chi connectivity index (χ0n) is 10.6. The molecule has 1 aromatic rings. The Hall–Kier alpha value is -0.580. The minimum atomic E-state index is 0.489. The van der Waals surface area contributed by atoms with Gasteiger partial charge in [-0.1, -0.05) is 6.07 Å². The molecule has 0 bridgehead atoms. The molecule has 3 nitrogen and oxygen atoms in total. The lowest BCUT2D eigenvalue weighted by molar-refractivity contribution is 0.218. The fourth-order valence-corrected chi connectivity index (χ4v) is 3.62. The van der Waals surface area contributed by atoms with Crippen LogP contribution in [-0.4, -0.2) is 54.1 Å². The average molecular weight is 251 g/mol. The molecule has 0 radical (unpaired) electrons. The molecule has 2 atom stereocenters. The molecule has 0 spiro atoms. The first-order chi connectivity index (χ1) is 8.31. The predicted octanol–water partition coefficient (Wildman–Crippen LogP) is 1.26. The van der Waals surface area contributed by atoms with Gasteiger partial charge in [0.05, 0.1) is 0 Å². The van der Waals surface area contributed by atoms with Crippen LogP contribution in [0.2, 0.25) is 0 Å². The van der Waals surface area contributed by atoms with E-state index in [2.05, 4.69) is 53.2 Å². The summed E-state index contributed by atoms with van der Waals surface area (Å²) in [6.45, 7) is 1.19. The van der Waals surface area contributed by atoms with Crippen molar-refractivity contribution in [2.45, 2.75) is 18.5 Å². The van der Waals surface area contributed by atoms with Crippen LogP contribution < -0.4 is 5.32 Å². The Morgan fingerprint density at radius 1 is 1.59 bits per heavy atom. The quantitative estimate of drug-likeness (QED) is 0.872. The number of hydrogen-bond acceptors (Lipinski definition) is 4. The van der Waals surface area contributed by atoms with Crippen molar-refractivity contribution in [3.05, 3.63) is 30.1 Å². The van der Waals surface area contributed by atoms with Gasteiger partial charge in [0, 0.05) is 48.4 Å². The van der Waals surface area contributed by atoms with Gasteiger partial charge in [0.2, 0.25) is 0 Å². The number of nitrogens with one attached hydrogen (secondary N) is 1. The van der Waals surface area contributed by atoms with E-state index in [4.69, 9.17) is 0 Å². The summed E-state index contributed by atoms with van der Waals surface area (Å²) in [5.41, 5.74) is 1.18. The van der Waals surface area contributed by atoms with Crippen LogP contribution in [0.3, 0.4) is 0 Å². The lowest BCUT2D eigenvalue weighted by Gasteiger charge is -2.37. The highest BCUT2D eigenvalue weighted by Gasteiger charge is 2.27. The minimum Gasteiger partial charge on any atom is -0.315 e. The Morgan fingerprint density at radius 2 is 2.47 bits per heavy atom. The average Bonchev–Trinajstić information content (AvgIpc) is 2.38. The standard InChI is InChI=1S/C13H21N3S/c1-14-12(9-11-5-3-4-6-15-11)13-10-17-8-7-16(13)2/h3-6,12-14H,7-10H2,1-2H3. The molecule has 4 heteroatoms. The topological polar surface area (TPSA) is 28.2 Å². The van der Waals surface area contributed by atoms with Gasteiger partial charge in [-0.05, 0) is 26.2 Å². The van der Waals surface area contributed by atoms with E-state index in [1.54, 1.807) is 0 Å². The van der Waals surface area contributed by atoms with Gasteiger partial charge in [-0.3, -0.25) is 4.98 Å². The molecule has 1 saturated heterocycles. The second-order valence-corrected chi connectivity index (χ2v) is 5.69. The Balaban J connectivity index is 2.00. The van der Waals surface area contributed by atoms with E-state index >= 15 is 0 Å². The van der Waals surface area contributed by atoms with Crippen molar-refractivity contribution in [3.8, 4) is 0 Å². The van der Waals surface area contributed by atoms with Crippen LogP contribution in [0.5, 0.6) is 0 Å². The summed E-state index contributed by atoms with van der Waals surface area (Å²) in [7, 11) is 4.29. The molecule has 17 heavy (non-hydrogen) atoms. The first-order valence-corrected chi connectivity index (χ1v) is 7.32. The molecule has 0 saturated carbocycles. The molecule has 2 rings (SSSR count). The number of nitrogens with zero attached hydrogens (tertiary/aromatic N) is 2. The number of hydrogen-bond donors (Lipinski definition) is 1. The second-order valence-electron chi connectivity index (χ2n) is 4.54. The van der Waals surface area contributed by atoms with Crippen molar-refractivity contribution < 1.29 is 0 Å². The summed E-state index contributed by atoms with van der Waals surface area (Å²) in [5.74, 6) is 2.47. The molecule has 0 amide bonds. The van der Waals surface area contributed by atoms with Gasteiger partial charge in [-0.2, -0.15) is 11.8 Å². The Kier molecular flexibility index (Phi) is 4.83. The first-order valence-electron chi connectivity index (χ1n) is 6.16. The number of thioether (sulfide) groups is 1. The third kappa shape index (κ3) is 3.44. The number of pyridine rings is 1. The summed E-state index contributed by atoms with van der Waals surface area (Å²) in [4.78, 5) is 6.89. The normalized spacial score (nSPS) is 23.5. The fourth-order valence-electron chi connectivity index (χ4n) is 2.30. The molecule has 0 aromatic carbocycles. The van der Waals surface area contributed by atoms with Gasteiger partial charge in [-0.15, -0.1) is 0 Å². The molecule has 2 heterocycles. The maximum atomic E-state index is 4.42. The zero-order valence-corrected chi connectivity index (χ0v) is 11.4. The Bertz CT molecular complexity index is 331. The number of likely N-dealkylation sites (N-methyl/N-ethyl adjacent to an activating group) is 2. The second kappa shape index (κ2) is 6.38. The maximum absolute atomic E-state index is 4.42. The third-order valence-corrected chi connectivity index (χ3v) is 4.48. The van der Waals surface area contributed by atoms with Crippen LogP contribution >= 0.6 is 11.8 Å². The SMILES string of the molecule is CNC(Cc1ccccn1)C1CSCCN1C. The molecule has 94 valence electrons.